The fourth-order valence-corrected chi connectivity index (χ4v) is 5.48. The molecule has 2 aliphatic heterocycles. The SMILES string of the molecule is COc1ccc(CC(=O)C(N)c2c3[n+](cc4c(OC)c(OC)ccc24)CCc2cc4c(cc2-3)OCO4)cc1.[I-]. The monoisotopic (exact) mass is 640 g/mol. The lowest BCUT2D eigenvalue weighted by atomic mass is 9.86. The van der Waals surface area contributed by atoms with Crippen molar-refractivity contribution >= 4 is 16.6 Å². The lowest BCUT2D eigenvalue weighted by molar-refractivity contribution is -0.686. The molecule has 1 atom stereocenters. The van der Waals surface area contributed by atoms with Gasteiger partial charge < -0.3 is 53.4 Å². The lowest BCUT2D eigenvalue weighted by Crippen LogP contribution is -3.00. The van der Waals surface area contributed by atoms with Crippen molar-refractivity contribution in [3.05, 3.63) is 71.4 Å². The molecule has 2 N–H and O–H groups in total. The number of aryl methyl sites for hydroxylation is 2. The Labute approximate surface area is 243 Å². The highest BCUT2D eigenvalue weighted by Gasteiger charge is 2.36. The quantitative estimate of drug-likeness (QED) is 0.238. The van der Waals surface area contributed by atoms with Crippen LogP contribution < -0.4 is 58.0 Å². The van der Waals surface area contributed by atoms with Gasteiger partial charge in [-0.1, -0.05) is 12.1 Å². The highest BCUT2D eigenvalue weighted by molar-refractivity contribution is 6.00. The Hall–Kier alpha value is -3.57. The summed E-state index contributed by atoms with van der Waals surface area (Å²) in [5, 5.41) is 1.68. The average molecular weight is 640 g/mol. The molecule has 3 heterocycles. The topological polar surface area (TPSA) is 93.1 Å². The smallest absolute Gasteiger partial charge is 0.231 e. The lowest BCUT2D eigenvalue weighted by Gasteiger charge is -2.23. The fraction of sp³-hybridized carbons (Fsp3) is 0.267. The summed E-state index contributed by atoms with van der Waals surface area (Å²) in [4.78, 5) is 13.7. The van der Waals surface area contributed by atoms with Crippen LogP contribution in [0.4, 0.5) is 0 Å². The molecule has 39 heavy (non-hydrogen) atoms. The maximum absolute atomic E-state index is 13.7. The van der Waals surface area contributed by atoms with E-state index in [9.17, 15) is 4.79 Å². The number of hydrogen-bond acceptors (Lipinski definition) is 7. The first-order chi connectivity index (χ1) is 18.5. The minimum Gasteiger partial charge on any atom is -1.00 e. The van der Waals surface area contributed by atoms with Crippen molar-refractivity contribution in [1.29, 1.82) is 0 Å². The molecule has 9 heteroatoms. The molecule has 0 fully saturated rings. The standard InChI is InChI=1S/C30H29N2O6.HI/c1-34-19-6-4-17(5-7-19)12-23(33)28(31)27-20-8-9-24(35-2)30(36-3)22(20)15-32-11-10-18-13-25-26(38-16-37-25)14-21(18)29(27)32;/h4-9,13-15,28H,10-12,16,31H2,1-3H3;1H/q+1;/p-1. The van der Waals surface area contributed by atoms with Gasteiger partial charge >= 0.3 is 0 Å². The van der Waals surface area contributed by atoms with Gasteiger partial charge in [0.25, 0.3) is 0 Å². The van der Waals surface area contributed by atoms with E-state index >= 15 is 0 Å². The van der Waals surface area contributed by atoms with E-state index in [-0.39, 0.29) is 43.0 Å². The Morgan fingerprint density at radius 3 is 2.41 bits per heavy atom. The molecule has 0 aliphatic carbocycles. The molecule has 6 rings (SSSR count). The summed E-state index contributed by atoms with van der Waals surface area (Å²) >= 11 is 0. The average Bonchev–Trinajstić information content (AvgIpc) is 3.41. The number of pyridine rings is 1. The van der Waals surface area contributed by atoms with Crippen LogP contribution >= 0.6 is 0 Å². The molecule has 0 spiro atoms. The number of Topliss-reactive ketones (excluding diaryl/α,β-unsaturated/α-hetero) is 1. The highest BCUT2D eigenvalue weighted by Crippen LogP contribution is 2.45. The first kappa shape index (κ1) is 27.0. The minimum absolute atomic E-state index is 0. The number of nitrogens with zero attached hydrogens (tertiary/aromatic N) is 1. The molecule has 1 aromatic heterocycles. The summed E-state index contributed by atoms with van der Waals surface area (Å²) in [6.45, 7) is 0.907. The summed E-state index contributed by atoms with van der Waals surface area (Å²) in [7, 11) is 4.84. The Morgan fingerprint density at radius 2 is 1.72 bits per heavy atom. The van der Waals surface area contributed by atoms with Crippen LogP contribution in [0, 0.1) is 0 Å². The van der Waals surface area contributed by atoms with Crippen molar-refractivity contribution in [2.75, 3.05) is 28.1 Å². The Balaban J connectivity index is 0.00000308. The summed E-state index contributed by atoms with van der Waals surface area (Å²) in [5.41, 5.74) is 11.5. The predicted octanol–water partition coefficient (Wildman–Crippen LogP) is 0.921. The van der Waals surface area contributed by atoms with Gasteiger partial charge in [-0.25, -0.2) is 0 Å². The van der Waals surface area contributed by atoms with Gasteiger partial charge in [0.1, 0.15) is 5.75 Å². The van der Waals surface area contributed by atoms with E-state index in [2.05, 4.69) is 10.8 Å². The second kappa shape index (κ2) is 10.9. The van der Waals surface area contributed by atoms with Crippen molar-refractivity contribution in [3.63, 3.8) is 0 Å². The Bertz CT molecular complexity index is 1570. The number of ketones is 1. The zero-order chi connectivity index (χ0) is 26.4. The normalized spacial score (nSPS) is 13.6. The number of carbonyl (C=O) groups is 1. The van der Waals surface area contributed by atoms with Gasteiger partial charge in [0.15, 0.2) is 41.5 Å². The number of carbonyl (C=O) groups excluding carboxylic acids is 1. The molecule has 0 amide bonds. The van der Waals surface area contributed by atoms with Crippen LogP contribution in [0.25, 0.3) is 22.0 Å². The van der Waals surface area contributed by atoms with Crippen molar-refractivity contribution in [2.45, 2.75) is 25.4 Å². The van der Waals surface area contributed by atoms with Crippen LogP contribution in [-0.4, -0.2) is 33.9 Å². The molecule has 0 saturated heterocycles. The summed E-state index contributed by atoms with van der Waals surface area (Å²) in [6.07, 6.45) is 3.06. The van der Waals surface area contributed by atoms with Gasteiger partial charge in [-0.15, -0.1) is 0 Å². The Morgan fingerprint density at radius 1 is 0.974 bits per heavy atom. The third-order valence-electron chi connectivity index (χ3n) is 7.37. The third-order valence-corrected chi connectivity index (χ3v) is 7.37. The number of aromatic nitrogens is 1. The van der Waals surface area contributed by atoms with Gasteiger partial charge in [-0.2, -0.15) is 4.57 Å². The number of halogens is 1. The predicted molar refractivity (Wildman–Crippen MR) is 141 cm³/mol. The molecule has 3 aromatic carbocycles. The van der Waals surface area contributed by atoms with Gasteiger partial charge in [-0.05, 0) is 47.5 Å². The van der Waals surface area contributed by atoms with Gasteiger partial charge in [0.05, 0.1) is 43.9 Å². The maximum Gasteiger partial charge on any atom is 0.231 e. The van der Waals surface area contributed by atoms with Crippen LogP contribution in [0.5, 0.6) is 28.7 Å². The summed E-state index contributed by atoms with van der Waals surface area (Å²) in [5.74, 6) is 3.30. The number of fused-ring (bicyclic) bond motifs is 5. The third kappa shape index (κ3) is 4.63. The van der Waals surface area contributed by atoms with E-state index in [1.54, 1.807) is 21.3 Å². The molecule has 202 valence electrons. The van der Waals surface area contributed by atoms with Gasteiger partial charge in [-0.3, -0.25) is 4.79 Å². The zero-order valence-corrected chi connectivity index (χ0v) is 24.1. The molecule has 0 bridgehead atoms. The first-order valence-electron chi connectivity index (χ1n) is 12.5. The maximum atomic E-state index is 13.7. The fourth-order valence-electron chi connectivity index (χ4n) is 5.48. The van der Waals surface area contributed by atoms with Crippen LogP contribution in [-0.2, 0) is 24.2 Å². The molecular weight excluding hydrogens is 611 g/mol. The van der Waals surface area contributed by atoms with E-state index in [4.69, 9.17) is 29.4 Å². The summed E-state index contributed by atoms with van der Waals surface area (Å²) < 4.78 is 30.1. The number of benzene rings is 3. The van der Waals surface area contributed by atoms with Crippen molar-refractivity contribution < 1.29 is 57.0 Å². The van der Waals surface area contributed by atoms with E-state index in [1.165, 1.54) is 0 Å². The van der Waals surface area contributed by atoms with Crippen LogP contribution in [0.15, 0.2) is 54.7 Å². The zero-order valence-electron chi connectivity index (χ0n) is 22.0. The van der Waals surface area contributed by atoms with Gasteiger partial charge in [0.2, 0.25) is 12.5 Å². The van der Waals surface area contributed by atoms with E-state index in [0.717, 1.165) is 56.6 Å². The van der Waals surface area contributed by atoms with E-state index < -0.39 is 6.04 Å². The van der Waals surface area contributed by atoms with E-state index in [1.807, 2.05) is 48.5 Å². The van der Waals surface area contributed by atoms with Crippen molar-refractivity contribution in [1.82, 2.24) is 0 Å². The van der Waals surface area contributed by atoms with E-state index in [0.29, 0.717) is 23.8 Å². The Kier molecular flexibility index (Phi) is 7.55. The van der Waals surface area contributed by atoms with Crippen molar-refractivity contribution in [3.8, 4) is 40.0 Å². The number of hydrogen-bond donors (Lipinski definition) is 1. The second-order valence-electron chi connectivity index (χ2n) is 9.43. The molecule has 2 aliphatic rings. The van der Waals surface area contributed by atoms with Gasteiger partial charge in [0, 0.05) is 18.2 Å². The number of rotatable bonds is 7. The van der Waals surface area contributed by atoms with Crippen LogP contribution in [0.3, 0.4) is 0 Å². The number of methoxy groups -OCH3 is 3. The highest BCUT2D eigenvalue weighted by atomic mass is 127. The van der Waals surface area contributed by atoms with Crippen molar-refractivity contribution in [2.24, 2.45) is 5.73 Å². The molecule has 4 aromatic rings. The molecule has 1 unspecified atom stereocenters. The number of ether oxygens (including phenoxy) is 5. The minimum atomic E-state index is -0.878. The largest absolute Gasteiger partial charge is 1.00 e. The molecule has 0 saturated carbocycles. The van der Waals surface area contributed by atoms with Crippen LogP contribution in [0.1, 0.15) is 22.7 Å². The number of nitrogens with two attached hydrogens (primary N) is 1. The van der Waals surface area contributed by atoms with Crippen LogP contribution in [0.2, 0.25) is 0 Å². The first-order valence-corrected chi connectivity index (χ1v) is 12.5. The molecular formula is C30H29IN2O6. The molecule has 0 radical (unpaired) electrons. The second-order valence-corrected chi connectivity index (χ2v) is 9.43. The molecule has 8 nitrogen and oxygen atoms in total. The summed E-state index contributed by atoms with van der Waals surface area (Å²) in [6, 6.07) is 14.4.